The summed E-state index contributed by atoms with van der Waals surface area (Å²) in [7, 11) is -3.94. The van der Waals surface area contributed by atoms with Crippen molar-refractivity contribution in [1.29, 1.82) is 0 Å². The Bertz CT molecular complexity index is 849. The Morgan fingerprint density at radius 1 is 1.09 bits per heavy atom. The molecule has 114 valence electrons. The highest BCUT2D eigenvalue weighted by atomic mass is 32.2. The lowest BCUT2D eigenvalue weighted by Crippen LogP contribution is -2.13. The van der Waals surface area contributed by atoms with Crippen LogP contribution in [0.1, 0.15) is 0 Å². The van der Waals surface area contributed by atoms with Gasteiger partial charge in [0.05, 0.1) is 15.5 Å². The van der Waals surface area contributed by atoms with Gasteiger partial charge in [-0.1, -0.05) is 6.07 Å². The van der Waals surface area contributed by atoms with E-state index >= 15 is 0 Å². The number of nitro benzene ring substituents is 1. The van der Waals surface area contributed by atoms with E-state index in [1.165, 1.54) is 30.3 Å². The summed E-state index contributed by atoms with van der Waals surface area (Å²) in [5.41, 5.74) is -0.0238. The van der Waals surface area contributed by atoms with Gasteiger partial charge < -0.3 is 9.47 Å². The predicted molar refractivity (Wildman–Crippen MR) is 76.5 cm³/mol. The van der Waals surface area contributed by atoms with Crippen LogP contribution in [-0.4, -0.2) is 20.1 Å². The number of ether oxygens (including phenoxy) is 2. The van der Waals surface area contributed by atoms with Crippen LogP contribution in [0.15, 0.2) is 47.4 Å². The first-order chi connectivity index (χ1) is 10.5. The maximum absolute atomic E-state index is 12.3. The largest absolute Gasteiger partial charge is 0.454 e. The van der Waals surface area contributed by atoms with Crippen molar-refractivity contribution in [3.05, 3.63) is 52.6 Å². The second-order valence-electron chi connectivity index (χ2n) is 4.43. The van der Waals surface area contributed by atoms with E-state index in [1.54, 1.807) is 6.07 Å². The van der Waals surface area contributed by atoms with E-state index in [1.807, 2.05) is 0 Å². The predicted octanol–water partition coefficient (Wildman–Crippen LogP) is 2.12. The second-order valence-corrected chi connectivity index (χ2v) is 6.11. The second kappa shape index (κ2) is 5.19. The molecule has 0 fully saturated rings. The number of non-ortho nitro benzene ring substituents is 1. The number of fused-ring (bicyclic) bond motifs is 1. The lowest BCUT2D eigenvalue weighted by Gasteiger charge is -2.08. The topological polar surface area (TPSA) is 108 Å². The summed E-state index contributed by atoms with van der Waals surface area (Å²) in [6.07, 6.45) is 0. The van der Waals surface area contributed by atoms with E-state index in [0.29, 0.717) is 11.5 Å². The van der Waals surface area contributed by atoms with Crippen LogP contribution in [-0.2, 0) is 10.0 Å². The van der Waals surface area contributed by atoms with Crippen molar-refractivity contribution < 1.29 is 22.8 Å². The molecule has 22 heavy (non-hydrogen) atoms. The van der Waals surface area contributed by atoms with Crippen molar-refractivity contribution in [2.45, 2.75) is 4.90 Å². The van der Waals surface area contributed by atoms with Gasteiger partial charge in [0.2, 0.25) is 6.79 Å². The third kappa shape index (κ3) is 2.66. The molecule has 2 aromatic carbocycles. The van der Waals surface area contributed by atoms with Crippen molar-refractivity contribution >= 4 is 21.4 Å². The summed E-state index contributed by atoms with van der Waals surface area (Å²) in [4.78, 5) is 9.88. The minimum Gasteiger partial charge on any atom is -0.454 e. The monoisotopic (exact) mass is 322 g/mol. The van der Waals surface area contributed by atoms with Crippen LogP contribution in [0, 0.1) is 10.1 Å². The average molecular weight is 322 g/mol. The van der Waals surface area contributed by atoms with Gasteiger partial charge in [-0.25, -0.2) is 8.42 Å². The van der Waals surface area contributed by atoms with Gasteiger partial charge in [0, 0.05) is 18.2 Å². The van der Waals surface area contributed by atoms with Gasteiger partial charge in [-0.15, -0.1) is 0 Å². The summed E-state index contributed by atoms with van der Waals surface area (Å²) in [6.45, 7) is 0.0798. The number of rotatable bonds is 4. The normalized spacial score (nSPS) is 12.9. The highest BCUT2D eigenvalue weighted by Crippen LogP contribution is 2.34. The quantitative estimate of drug-likeness (QED) is 0.682. The molecule has 0 atom stereocenters. The van der Waals surface area contributed by atoms with E-state index in [0.717, 1.165) is 6.07 Å². The van der Waals surface area contributed by atoms with E-state index in [2.05, 4.69) is 4.72 Å². The van der Waals surface area contributed by atoms with Gasteiger partial charge in [-0.05, 0) is 18.2 Å². The first kappa shape index (κ1) is 14.1. The Hall–Kier alpha value is -2.81. The molecular weight excluding hydrogens is 312 g/mol. The fourth-order valence-corrected chi connectivity index (χ4v) is 3.03. The van der Waals surface area contributed by atoms with Crippen molar-refractivity contribution in [2.75, 3.05) is 11.5 Å². The zero-order chi connectivity index (χ0) is 15.7. The number of nitrogens with one attached hydrogen (secondary N) is 1. The van der Waals surface area contributed by atoms with Crippen LogP contribution in [0.5, 0.6) is 11.5 Å². The molecule has 0 unspecified atom stereocenters. The van der Waals surface area contributed by atoms with Gasteiger partial charge >= 0.3 is 0 Å². The number of nitrogens with zero attached hydrogens (tertiary/aromatic N) is 1. The van der Waals surface area contributed by atoms with Crippen molar-refractivity contribution in [3.8, 4) is 11.5 Å². The number of hydrogen-bond acceptors (Lipinski definition) is 6. The van der Waals surface area contributed by atoms with Crippen molar-refractivity contribution in [2.24, 2.45) is 0 Å². The third-order valence-electron chi connectivity index (χ3n) is 2.96. The number of nitro groups is 1. The summed E-state index contributed by atoms with van der Waals surface area (Å²) in [6, 6.07) is 9.39. The minimum atomic E-state index is -3.94. The van der Waals surface area contributed by atoms with E-state index in [9.17, 15) is 18.5 Å². The van der Waals surface area contributed by atoms with E-state index < -0.39 is 14.9 Å². The molecule has 1 aliphatic heterocycles. The van der Waals surface area contributed by atoms with Crippen LogP contribution in [0.2, 0.25) is 0 Å². The molecule has 1 aliphatic rings. The number of hydrogen-bond donors (Lipinski definition) is 1. The van der Waals surface area contributed by atoms with Crippen LogP contribution >= 0.6 is 0 Å². The van der Waals surface area contributed by atoms with E-state index in [4.69, 9.17) is 9.47 Å². The zero-order valence-electron chi connectivity index (χ0n) is 11.1. The summed E-state index contributed by atoms with van der Waals surface area (Å²) < 4.78 is 37.2. The molecule has 1 N–H and O–H groups in total. The molecular formula is C13H10N2O6S. The Morgan fingerprint density at radius 3 is 2.64 bits per heavy atom. The lowest BCUT2D eigenvalue weighted by atomic mass is 10.3. The first-order valence-corrected chi connectivity index (χ1v) is 7.61. The van der Waals surface area contributed by atoms with Gasteiger partial charge in [0.25, 0.3) is 15.7 Å². The Balaban J connectivity index is 1.90. The fourth-order valence-electron chi connectivity index (χ4n) is 1.94. The number of benzene rings is 2. The summed E-state index contributed by atoms with van der Waals surface area (Å²) >= 11 is 0. The molecule has 2 aromatic rings. The van der Waals surface area contributed by atoms with Gasteiger partial charge in [0.15, 0.2) is 11.5 Å². The minimum absolute atomic E-state index is 0.0798. The Kier molecular flexibility index (Phi) is 3.33. The van der Waals surface area contributed by atoms with Crippen molar-refractivity contribution in [1.82, 2.24) is 0 Å². The first-order valence-electron chi connectivity index (χ1n) is 6.13. The molecule has 8 nitrogen and oxygen atoms in total. The average Bonchev–Trinajstić information content (AvgIpc) is 2.94. The highest BCUT2D eigenvalue weighted by Gasteiger charge is 2.19. The Labute approximate surface area is 125 Å². The molecule has 0 amide bonds. The highest BCUT2D eigenvalue weighted by molar-refractivity contribution is 7.92. The molecule has 9 heteroatoms. The molecule has 0 aliphatic carbocycles. The standard InChI is InChI=1S/C13H10N2O6S/c16-15(17)10-2-1-3-11(7-10)22(18,19)14-9-4-5-12-13(6-9)21-8-20-12/h1-7,14H,8H2. The number of anilines is 1. The molecule has 0 radical (unpaired) electrons. The smallest absolute Gasteiger partial charge is 0.270 e. The van der Waals surface area contributed by atoms with Crippen LogP contribution in [0.3, 0.4) is 0 Å². The molecule has 0 spiro atoms. The molecule has 0 saturated heterocycles. The molecule has 0 saturated carbocycles. The maximum Gasteiger partial charge on any atom is 0.270 e. The van der Waals surface area contributed by atoms with Gasteiger partial charge in [-0.2, -0.15) is 0 Å². The Morgan fingerprint density at radius 2 is 1.86 bits per heavy atom. The zero-order valence-corrected chi connectivity index (χ0v) is 11.9. The van der Waals surface area contributed by atoms with Crippen LogP contribution < -0.4 is 14.2 Å². The van der Waals surface area contributed by atoms with Crippen LogP contribution in [0.4, 0.5) is 11.4 Å². The molecule has 3 rings (SSSR count). The van der Waals surface area contributed by atoms with Gasteiger partial charge in [0.1, 0.15) is 0 Å². The SMILES string of the molecule is O=[N+]([O-])c1cccc(S(=O)(=O)Nc2ccc3c(c2)OCO3)c1. The molecule has 0 aromatic heterocycles. The third-order valence-corrected chi connectivity index (χ3v) is 4.34. The molecule has 0 bridgehead atoms. The fraction of sp³-hybridized carbons (Fsp3) is 0.0769. The summed E-state index contributed by atoms with van der Waals surface area (Å²) in [5, 5.41) is 10.7. The van der Waals surface area contributed by atoms with Gasteiger partial charge in [-0.3, -0.25) is 14.8 Å². The number of sulfonamides is 1. The lowest BCUT2D eigenvalue weighted by molar-refractivity contribution is -0.385. The summed E-state index contributed by atoms with van der Waals surface area (Å²) in [5.74, 6) is 0.956. The van der Waals surface area contributed by atoms with Crippen LogP contribution in [0.25, 0.3) is 0 Å². The molecule has 1 heterocycles. The van der Waals surface area contributed by atoms with Crippen molar-refractivity contribution in [3.63, 3.8) is 0 Å². The van der Waals surface area contributed by atoms with E-state index in [-0.39, 0.29) is 23.1 Å². The maximum atomic E-state index is 12.3.